The molecule has 5 nitrogen and oxygen atoms in total. The summed E-state index contributed by atoms with van der Waals surface area (Å²) in [4.78, 5) is 25.3. The van der Waals surface area contributed by atoms with Crippen molar-refractivity contribution in [3.05, 3.63) is 72.3 Å². The molecule has 0 bridgehead atoms. The summed E-state index contributed by atoms with van der Waals surface area (Å²) < 4.78 is 5.56. The van der Waals surface area contributed by atoms with Crippen molar-refractivity contribution in [2.75, 3.05) is 19.7 Å². The quantitative estimate of drug-likeness (QED) is 0.818. The summed E-state index contributed by atoms with van der Waals surface area (Å²) in [6.07, 6.45) is 1.47. The maximum absolute atomic E-state index is 12.4. The maximum Gasteiger partial charge on any atom is 0.409 e. The first kappa shape index (κ1) is 17.3. The molecule has 2 aromatic carbocycles. The number of carbonyl (C=O) groups excluding carboxylic acids is 1. The number of benzene rings is 2. The smallest absolute Gasteiger partial charge is 0.409 e. The van der Waals surface area contributed by atoms with Crippen LogP contribution in [0.5, 0.6) is 0 Å². The SMILES string of the molecule is C=CCC1(C(=O)O)CN(C(=O)OCC2c3ccccc3-c3ccccc32)C1. The predicted octanol–water partition coefficient (Wildman–Crippen LogP) is 3.90. The van der Waals surface area contributed by atoms with Crippen molar-refractivity contribution < 1.29 is 19.4 Å². The zero-order valence-electron chi connectivity index (χ0n) is 14.9. The van der Waals surface area contributed by atoms with Crippen molar-refractivity contribution in [2.45, 2.75) is 12.3 Å². The van der Waals surface area contributed by atoms with Crippen molar-refractivity contribution in [3.63, 3.8) is 0 Å². The number of carboxylic acids is 1. The normalized spacial score (nSPS) is 16.8. The lowest BCUT2D eigenvalue weighted by Gasteiger charge is -2.45. The first-order valence-corrected chi connectivity index (χ1v) is 9.00. The lowest BCUT2D eigenvalue weighted by molar-refractivity contribution is -0.158. The monoisotopic (exact) mass is 363 g/mol. The van der Waals surface area contributed by atoms with Gasteiger partial charge in [-0.1, -0.05) is 54.6 Å². The molecular formula is C22H21NO4. The summed E-state index contributed by atoms with van der Waals surface area (Å²) in [7, 11) is 0. The summed E-state index contributed by atoms with van der Waals surface area (Å²) in [5, 5.41) is 9.41. The zero-order valence-corrected chi connectivity index (χ0v) is 14.9. The second kappa shape index (κ2) is 6.58. The van der Waals surface area contributed by atoms with Gasteiger partial charge in [-0.3, -0.25) is 4.79 Å². The van der Waals surface area contributed by atoms with E-state index in [1.807, 2.05) is 24.3 Å². The number of nitrogens with zero attached hydrogens (tertiary/aromatic N) is 1. The van der Waals surface area contributed by atoms with E-state index in [1.54, 1.807) is 6.08 Å². The van der Waals surface area contributed by atoms with Crippen LogP contribution in [0.25, 0.3) is 11.1 Å². The summed E-state index contributed by atoms with van der Waals surface area (Å²) in [6, 6.07) is 16.3. The molecule has 1 saturated heterocycles. The third-order valence-electron chi connectivity index (χ3n) is 5.57. The second-order valence-electron chi connectivity index (χ2n) is 7.24. The van der Waals surface area contributed by atoms with Gasteiger partial charge in [-0.15, -0.1) is 6.58 Å². The number of likely N-dealkylation sites (tertiary alicyclic amines) is 1. The fourth-order valence-electron chi connectivity index (χ4n) is 4.13. The van der Waals surface area contributed by atoms with Gasteiger partial charge < -0.3 is 14.7 Å². The average Bonchev–Trinajstić information content (AvgIpc) is 2.96. The van der Waals surface area contributed by atoms with Gasteiger partial charge in [-0.2, -0.15) is 0 Å². The molecule has 0 atom stereocenters. The zero-order chi connectivity index (χ0) is 19.0. The molecule has 138 valence electrons. The Bertz CT molecular complexity index is 869. The van der Waals surface area contributed by atoms with E-state index in [9.17, 15) is 14.7 Å². The van der Waals surface area contributed by atoms with Crippen molar-refractivity contribution in [3.8, 4) is 11.1 Å². The number of carboxylic acid groups (broad SMARTS) is 1. The van der Waals surface area contributed by atoms with Gasteiger partial charge in [-0.25, -0.2) is 4.79 Å². The summed E-state index contributed by atoms with van der Waals surface area (Å²) in [6.45, 7) is 4.17. The van der Waals surface area contributed by atoms with Crippen LogP contribution in [0, 0.1) is 5.41 Å². The van der Waals surface area contributed by atoms with Crippen molar-refractivity contribution in [1.82, 2.24) is 4.90 Å². The predicted molar refractivity (Wildman–Crippen MR) is 102 cm³/mol. The largest absolute Gasteiger partial charge is 0.481 e. The number of ether oxygens (including phenoxy) is 1. The molecule has 0 spiro atoms. The molecule has 1 N–H and O–H groups in total. The van der Waals surface area contributed by atoms with E-state index in [-0.39, 0.29) is 25.6 Å². The van der Waals surface area contributed by atoms with Gasteiger partial charge in [0.2, 0.25) is 0 Å². The molecule has 27 heavy (non-hydrogen) atoms. The molecular weight excluding hydrogens is 342 g/mol. The van der Waals surface area contributed by atoms with Crippen LogP contribution < -0.4 is 0 Å². The third-order valence-corrected chi connectivity index (χ3v) is 5.57. The van der Waals surface area contributed by atoms with Crippen molar-refractivity contribution >= 4 is 12.1 Å². The van der Waals surface area contributed by atoms with Crippen LogP contribution in [-0.2, 0) is 9.53 Å². The van der Waals surface area contributed by atoms with Crippen LogP contribution in [0.3, 0.4) is 0 Å². The number of hydrogen-bond acceptors (Lipinski definition) is 3. The van der Waals surface area contributed by atoms with E-state index >= 15 is 0 Å². The molecule has 1 aliphatic carbocycles. The van der Waals surface area contributed by atoms with Gasteiger partial charge in [0.15, 0.2) is 0 Å². The van der Waals surface area contributed by atoms with E-state index in [4.69, 9.17) is 4.74 Å². The Morgan fingerprint density at radius 3 is 2.19 bits per heavy atom. The maximum atomic E-state index is 12.4. The molecule has 2 aromatic rings. The third kappa shape index (κ3) is 2.79. The summed E-state index contributed by atoms with van der Waals surface area (Å²) in [5.41, 5.74) is 3.74. The molecule has 1 amide bonds. The highest BCUT2D eigenvalue weighted by atomic mass is 16.6. The minimum atomic E-state index is -0.923. The van der Waals surface area contributed by atoms with E-state index in [1.165, 1.54) is 16.0 Å². The lowest BCUT2D eigenvalue weighted by Crippen LogP contribution is -2.62. The number of rotatable bonds is 5. The molecule has 0 radical (unpaired) electrons. The van der Waals surface area contributed by atoms with E-state index in [0.29, 0.717) is 6.42 Å². The Hall–Kier alpha value is -3.08. The lowest BCUT2D eigenvalue weighted by atomic mass is 9.77. The van der Waals surface area contributed by atoms with Crippen LogP contribution in [0.2, 0.25) is 0 Å². The van der Waals surface area contributed by atoms with Crippen LogP contribution in [0.4, 0.5) is 4.79 Å². The Labute approximate surface area is 157 Å². The van der Waals surface area contributed by atoms with Crippen LogP contribution in [0.15, 0.2) is 61.2 Å². The second-order valence-corrected chi connectivity index (χ2v) is 7.24. The molecule has 4 rings (SSSR count). The number of amides is 1. The van der Waals surface area contributed by atoms with Gasteiger partial charge in [0.25, 0.3) is 0 Å². The number of carbonyl (C=O) groups is 2. The fraction of sp³-hybridized carbons (Fsp3) is 0.273. The minimum absolute atomic E-state index is 0.0000302. The first-order valence-electron chi connectivity index (χ1n) is 9.00. The highest BCUT2D eigenvalue weighted by Gasteiger charge is 2.51. The molecule has 0 saturated carbocycles. The number of hydrogen-bond donors (Lipinski definition) is 1. The molecule has 0 unspecified atom stereocenters. The topological polar surface area (TPSA) is 66.8 Å². The Balaban J connectivity index is 1.45. The van der Waals surface area contributed by atoms with E-state index in [0.717, 1.165) is 11.1 Å². The Kier molecular flexibility index (Phi) is 4.22. The highest BCUT2D eigenvalue weighted by molar-refractivity contribution is 5.81. The Morgan fingerprint density at radius 2 is 1.67 bits per heavy atom. The van der Waals surface area contributed by atoms with Crippen LogP contribution in [0.1, 0.15) is 23.5 Å². The molecule has 1 heterocycles. The summed E-state index contributed by atoms with van der Waals surface area (Å²) >= 11 is 0. The molecule has 1 fully saturated rings. The number of aliphatic carboxylic acids is 1. The van der Waals surface area contributed by atoms with Crippen molar-refractivity contribution in [1.29, 1.82) is 0 Å². The van der Waals surface area contributed by atoms with Gasteiger partial charge in [0.1, 0.15) is 12.0 Å². The summed E-state index contributed by atoms with van der Waals surface area (Å²) in [5.74, 6) is -0.898. The van der Waals surface area contributed by atoms with Gasteiger partial charge in [0.05, 0.1) is 0 Å². The van der Waals surface area contributed by atoms with Gasteiger partial charge >= 0.3 is 12.1 Å². The first-order chi connectivity index (χ1) is 13.1. The highest BCUT2D eigenvalue weighted by Crippen LogP contribution is 2.44. The number of fused-ring (bicyclic) bond motifs is 3. The standard InChI is InChI=1S/C22H21NO4/c1-2-11-22(20(24)25)13-23(14-22)21(26)27-12-19-17-9-5-3-7-15(17)16-8-4-6-10-18(16)19/h2-10,19H,1,11-14H2,(H,24,25). The van der Waals surface area contributed by atoms with E-state index in [2.05, 4.69) is 30.8 Å². The fourth-order valence-corrected chi connectivity index (χ4v) is 4.13. The number of allylic oxidation sites excluding steroid dienone is 1. The van der Waals surface area contributed by atoms with Gasteiger partial charge in [-0.05, 0) is 28.7 Å². The molecule has 5 heteroatoms. The molecule has 1 aliphatic heterocycles. The average molecular weight is 363 g/mol. The van der Waals surface area contributed by atoms with E-state index < -0.39 is 17.5 Å². The Morgan fingerprint density at radius 1 is 1.11 bits per heavy atom. The molecule has 0 aromatic heterocycles. The van der Waals surface area contributed by atoms with Crippen molar-refractivity contribution in [2.24, 2.45) is 5.41 Å². The van der Waals surface area contributed by atoms with Gasteiger partial charge in [0, 0.05) is 19.0 Å². The minimum Gasteiger partial charge on any atom is -0.481 e. The van der Waals surface area contributed by atoms with Crippen LogP contribution in [-0.4, -0.2) is 41.8 Å². The van der Waals surface area contributed by atoms with Crippen LogP contribution >= 0.6 is 0 Å². The molecule has 2 aliphatic rings.